The molecule has 4 rings (SSSR count). The third-order valence-corrected chi connectivity index (χ3v) is 4.08. The van der Waals surface area contributed by atoms with E-state index < -0.39 is 0 Å². The Hall–Kier alpha value is -2.80. The number of fused-ring (bicyclic) bond motifs is 1. The van der Waals surface area contributed by atoms with Gasteiger partial charge in [-0.2, -0.15) is 4.98 Å². The summed E-state index contributed by atoms with van der Waals surface area (Å²) < 4.78 is 7.68. The van der Waals surface area contributed by atoms with Crippen molar-refractivity contribution < 1.29 is 4.52 Å². The van der Waals surface area contributed by atoms with E-state index in [1.165, 1.54) is 10.9 Å². The van der Waals surface area contributed by atoms with Gasteiger partial charge >= 0.3 is 0 Å². The lowest BCUT2D eigenvalue weighted by Crippen LogP contribution is -2.21. The smallest absolute Gasteiger partial charge is 0.261 e. The molecule has 0 spiro atoms. The second kappa shape index (κ2) is 6.01. The van der Waals surface area contributed by atoms with E-state index >= 15 is 0 Å². The van der Waals surface area contributed by atoms with E-state index in [4.69, 9.17) is 4.52 Å². The second-order valence-electron chi connectivity index (χ2n) is 5.22. The molecule has 0 bridgehead atoms. The quantitative estimate of drug-likeness (QED) is 0.543. The molecule has 0 aliphatic rings. The van der Waals surface area contributed by atoms with Gasteiger partial charge in [0.25, 0.3) is 11.4 Å². The van der Waals surface area contributed by atoms with Gasteiger partial charge in [0.15, 0.2) is 5.82 Å². The Morgan fingerprint density at radius 2 is 2.00 bits per heavy atom. The van der Waals surface area contributed by atoms with E-state index in [9.17, 15) is 4.79 Å². The van der Waals surface area contributed by atoms with Gasteiger partial charge < -0.3 is 4.52 Å². The van der Waals surface area contributed by atoms with Crippen LogP contribution in [0.3, 0.4) is 0 Å². The molecule has 0 atom stereocenters. The third kappa shape index (κ3) is 2.74. The molecular weight excluding hydrogens is 372 g/mol. The molecule has 2 aromatic heterocycles. The van der Waals surface area contributed by atoms with Gasteiger partial charge in [0.05, 0.1) is 23.8 Å². The van der Waals surface area contributed by atoms with Crippen LogP contribution in [0.5, 0.6) is 0 Å². The molecule has 6 nitrogen and oxygen atoms in total. The van der Waals surface area contributed by atoms with E-state index in [2.05, 4.69) is 31.1 Å². The summed E-state index contributed by atoms with van der Waals surface area (Å²) >= 11 is 3.41. The number of hydrogen-bond donors (Lipinski definition) is 0. The lowest BCUT2D eigenvalue weighted by molar-refractivity contribution is 0.420. The first-order valence-electron chi connectivity index (χ1n) is 7.23. The fourth-order valence-corrected chi connectivity index (χ4v) is 2.83. The van der Waals surface area contributed by atoms with Crippen molar-refractivity contribution >= 4 is 26.8 Å². The van der Waals surface area contributed by atoms with E-state index in [0.29, 0.717) is 22.6 Å². The van der Waals surface area contributed by atoms with Crippen molar-refractivity contribution in [2.45, 2.75) is 6.54 Å². The van der Waals surface area contributed by atoms with E-state index in [1.54, 1.807) is 12.1 Å². The van der Waals surface area contributed by atoms with Crippen LogP contribution < -0.4 is 5.56 Å². The molecule has 4 aromatic rings. The van der Waals surface area contributed by atoms with E-state index in [1.807, 2.05) is 36.4 Å². The average Bonchev–Trinajstić information content (AvgIpc) is 3.06. The predicted molar refractivity (Wildman–Crippen MR) is 92.5 cm³/mol. The van der Waals surface area contributed by atoms with Crippen molar-refractivity contribution in [3.05, 3.63) is 75.5 Å². The number of para-hydroxylation sites is 1. The minimum absolute atomic E-state index is 0.130. The van der Waals surface area contributed by atoms with E-state index in [-0.39, 0.29) is 12.1 Å². The molecule has 0 saturated carbocycles. The van der Waals surface area contributed by atoms with Gasteiger partial charge in [-0.05, 0) is 30.3 Å². The molecule has 0 N–H and O–H groups in total. The highest BCUT2D eigenvalue weighted by Crippen LogP contribution is 2.21. The van der Waals surface area contributed by atoms with Gasteiger partial charge in [-0.3, -0.25) is 9.36 Å². The number of benzene rings is 2. The molecule has 7 heteroatoms. The third-order valence-electron chi connectivity index (χ3n) is 3.58. The number of hydrogen-bond acceptors (Lipinski definition) is 5. The minimum Gasteiger partial charge on any atom is -0.334 e. The van der Waals surface area contributed by atoms with Gasteiger partial charge in [0, 0.05) is 10.0 Å². The fraction of sp³-hybridized carbons (Fsp3) is 0.0588. The van der Waals surface area contributed by atoms with Crippen LogP contribution in [0.25, 0.3) is 22.4 Å². The Labute approximate surface area is 144 Å². The summed E-state index contributed by atoms with van der Waals surface area (Å²) in [5.41, 5.74) is 1.35. The van der Waals surface area contributed by atoms with Crippen molar-refractivity contribution in [1.29, 1.82) is 0 Å². The lowest BCUT2D eigenvalue weighted by atomic mass is 10.2. The van der Waals surface area contributed by atoms with Crippen LogP contribution in [-0.2, 0) is 6.54 Å². The summed E-state index contributed by atoms with van der Waals surface area (Å²) in [6, 6.07) is 14.8. The summed E-state index contributed by atoms with van der Waals surface area (Å²) in [6.07, 6.45) is 1.50. The zero-order valence-electron chi connectivity index (χ0n) is 12.4. The molecular formula is C17H11BrN4O2. The highest BCUT2D eigenvalue weighted by Gasteiger charge is 2.11. The first-order chi connectivity index (χ1) is 11.7. The number of rotatable bonds is 3. The highest BCUT2D eigenvalue weighted by atomic mass is 79.9. The van der Waals surface area contributed by atoms with Crippen molar-refractivity contribution in [3.63, 3.8) is 0 Å². The largest absolute Gasteiger partial charge is 0.334 e. The minimum atomic E-state index is -0.130. The maximum absolute atomic E-state index is 12.5. The highest BCUT2D eigenvalue weighted by molar-refractivity contribution is 9.10. The van der Waals surface area contributed by atoms with Crippen LogP contribution in [0, 0.1) is 0 Å². The molecule has 0 saturated heterocycles. The van der Waals surface area contributed by atoms with Crippen LogP contribution in [0.1, 0.15) is 5.82 Å². The second-order valence-corrected chi connectivity index (χ2v) is 6.14. The Balaban J connectivity index is 1.67. The van der Waals surface area contributed by atoms with Gasteiger partial charge in [-0.25, -0.2) is 4.98 Å². The van der Waals surface area contributed by atoms with Crippen LogP contribution >= 0.6 is 15.9 Å². The number of halogens is 1. The summed E-state index contributed by atoms with van der Waals surface area (Å²) in [4.78, 5) is 21.1. The Kier molecular flexibility index (Phi) is 3.70. The van der Waals surface area contributed by atoms with Crippen LogP contribution in [0.2, 0.25) is 0 Å². The molecule has 0 amide bonds. The van der Waals surface area contributed by atoms with Crippen molar-refractivity contribution in [2.24, 2.45) is 0 Å². The molecule has 2 aromatic carbocycles. The Morgan fingerprint density at radius 1 is 1.12 bits per heavy atom. The van der Waals surface area contributed by atoms with Crippen molar-refractivity contribution in [1.82, 2.24) is 19.7 Å². The van der Waals surface area contributed by atoms with Gasteiger partial charge in [0.2, 0.25) is 0 Å². The van der Waals surface area contributed by atoms with Gasteiger partial charge in [-0.1, -0.05) is 39.3 Å². The molecule has 0 fully saturated rings. The first-order valence-corrected chi connectivity index (χ1v) is 8.03. The Morgan fingerprint density at radius 3 is 2.88 bits per heavy atom. The molecule has 24 heavy (non-hydrogen) atoms. The fourth-order valence-electron chi connectivity index (χ4n) is 2.43. The van der Waals surface area contributed by atoms with Crippen molar-refractivity contribution in [3.8, 4) is 11.5 Å². The molecule has 0 unspecified atom stereocenters. The number of nitrogens with zero attached hydrogens (tertiary/aromatic N) is 4. The molecule has 0 aliphatic carbocycles. The van der Waals surface area contributed by atoms with Gasteiger partial charge in [0.1, 0.15) is 0 Å². The predicted octanol–water partition coefficient (Wildman–Crippen LogP) is 3.26. The molecule has 2 heterocycles. The maximum Gasteiger partial charge on any atom is 0.261 e. The summed E-state index contributed by atoms with van der Waals surface area (Å²) in [5, 5.41) is 4.52. The van der Waals surface area contributed by atoms with Crippen LogP contribution in [0.15, 0.2) is 68.6 Å². The lowest BCUT2D eigenvalue weighted by Gasteiger charge is -2.03. The van der Waals surface area contributed by atoms with E-state index in [0.717, 1.165) is 10.0 Å². The van der Waals surface area contributed by atoms with Crippen molar-refractivity contribution in [2.75, 3.05) is 0 Å². The first kappa shape index (κ1) is 14.8. The summed E-state index contributed by atoms with van der Waals surface area (Å²) in [7, 11) is 0. The molecule has 0 aliphatic heterocycles. The topological polar surface area (TPSA) is 73.8 Å². The van der Waals surface area contributed by atoms with Crippen LogP contribution in [-0.4, -0.2) is 19.7 Å². The molecule has 118 valence electrons. The van der Waals surface area contributed by atoms with Crippen LogP contribution in [0.4, 0.5) is 0 Å². The normalized spacial score (nSPS) is 11.0. The standard InChI is InChI=1S/C17H11BrN4O2/c18-12-5-3-4-11(8-12)16-20-15(21-24-16)9-22-10-19-14-7-2-1-6-13(14)17(22)23/h1-8,10H,9H2. The summed E-state index contributed by atoms with van der Waals surface area (Å²) in [6.45, 7) is 0.203. The summed E-state index contributed by atoms with van der Waals surface area (Å²) in [5.74, 6) is 0.831. The maximum atomic E-state index is 12.5. The van der Waals surface area contributed by atoms with Gasteiger partial charge in [-0.15, -0.1) is 0 Å². The SMILES string of the molecule is O=c1c2ccccc2ncn1Cc1noc(-c2cccc(Br)c2)n1. The average molecular weight is 383 g/mol. The zero-order valence-corrected chi connectivity index (χ0v) is 14.0. The molecule has 0 radical (unpaired) electrons. The monoisotopic (exact) mass is 382 g/mol. The Bertz CT molecular complexity index is 1090. The zero-order chi connectivity index (χ0) is 16.5. The number of aromatic nitrogens is 4.